The molecule has 0 atom stereocenters. The monoisotopic (exact) mass is 280 g/mol. The van der Waals surface area contributed by atoms with Crippen LogP contribution in [-0.2, 0) is 16.6 Å². The van der Waals surface area contributed by atoms with Crippen LogP contribution < -0.4 is 10.5 Å². The van der Waals surface area contributed by atoms with Gasteiger partial charge in [-0.1, -0.05) is 12.1 Å². The predicted octanol–water partition coefficient (Wildman–Crippen LogP) is 1.29. The van der Waals surface area contributed by atoms with Crippen LogP contribution >= 0.6 is 0 Å². The Kier molecular flexibility index (Phi) is 3.59. The molecule has 2 aromatic rings. The molecule has 102 valence electrons. The maximum absolute atomic E-state index is 12.3. The Balaban J connectivity index is 2.40. The summed E-state index contributed by atoms with van der Waals surface area (Å²) in [5, 5.41) is 6.53. The lowest BCUT2D eigenvalue weighted by Crippen LogP contribution is -2.16. The van der Waals surface area contributed by atoms with Crippen LogP contribution in [0.2, 0.25) is 0 Å². The molecule has 1 heterocycles. The average Bonchev–Trinajstić information content (AvgIpc) is 2.70. The molecule has 0 bridgehead atoms. The van der Waals surface area contributed by atoms with Crippen LogP contribution in [0.5, 0.6) is 0 Å². The number of benzene rings is 1. The summed E-state index contributed by atoms with van der Waals surface area (Å²) in [7, 11) is -3.68. The van der Waals surface area contributed by atoms with Crippen LogP contribution in [-0.4, -0.2) is 18.6 Å². The van der Waals surface area contributed by atoms with E-state index in [1.165, 1.54) is 0 Å². The lowest BCUT2D eigenvalue weighted by Gasteiger charge is -2.09. The van der Waals surface area contributed by atoms with Crippen molar-refractivity contribution >= 4 is 15.7 Å². The van der Waals surface area contributed by atoms with Crippen molar-refractivity contribution in [2.45, 2.75) is 25.3 Å². The van der Waals surface area contributed by atoms with Gasteiger partial charge in [0.25, 0.3) is 10.0 Å². The van der Waals surface area contributed by atoms with Crippen LogP contribution in [0, 0.1) is 13.8 Å². The van der Waals surface area contributed by atoms with Crippen molar-refractivity contribution in [3.8, 4) is 0 Å². The van der Waals surface area contributed by atoms with Crippen LogP contribution in [0.4, 0.5) is 5.69 Å². The molecule has 19 heavy (non-hydrogen) atoms. The summed E-state index contributed by atoms with van der Waals surface area (Å²) in [6.45, 7) is 3.61. The number of aromatic nitrogens is 2. The van der Waals surface area contributed by atoms with E-state index in [-0.39, 0.29) is 11.4 Å². The topological polar surface area (TPSA) is 101 Å². The Morgan fingerprint density at radius 3 is 2.74 bits per heavy atom. The Bertz CT molecular complexity index is 692. The summed E-state index contributed by atoms with van der Waals surface area (Å²) in [6.07, 6.45) is 0. The molecule has 0 aliphatic rings. The normalized spacial score (nSPS) is 11.5. The first-order valence-electron chi connectivity index (χ1n) is 5.77. The zero-order chi connectivity index (χ0) is 14.0. The van der Waals surface area contributed by atoms with Gasteiger partial charge >= 0.3 is 0 Å². The Morgan fingerprint density at radius 2 is 2.11 bits per heavy atom. The summed E-state index contributed by atoms with van der Waals surface area (Å²) in [5.74, 6) is 0. The molecule has 0 saturated heterocycles. The van der Waals surface area contributed by atoms with Crippen LogP contribution in [0.1, 0.15) is 17.0 Å². The van der Waals surface area contributed by atoms with Crippen LogP contribution in [0.25, 0.3) is 0 Å². The Morgan fingerprint density at radius 1 is 1.37 bits per heavy atom. The highest BCUT2D eigenvalue weighted by molar-refractivity contribution is 7.92. The van der Waals surface area contributed by atoms with Gasteiger partial charge in [-0.15, -0.1) is 0 Å². The summed E-state index contributed by atoms with van der Waals surface area (Å²) >= 11 is 0. The van der Waals surface area contributed by atoms with Crippen molar-refractivity contribution in [1.29, 1.82) is 0 Å². The number of hydrogen-bond donors (Lipinski definition) is 3. The molecule has 0 aliphatic heterocycles. The molecule has 6 nitrogen and oxygen atoms in total. The van der Waals surface area contributed by atoms with E-state index in [9.17, 15) is 8.42 Å². The smallest absolute Gasteiger partial charge is 0.265 e. The third kappa shape index (κ3) is 2.77. The predicted molar refractivity (Wildman–Crippen MR) is 73.2 cm³/mol. The number of nitrogens with one attached hydrogen (secondary N) is 2. The van der Waals surface area contributed by atoms with Crippen molar-refractivity contribution in [1.82, 2.24) is 10.2 Å². The van der Waals surface area contributed by atoms with E-state index < -0.39 is 10.0 Å². The van der Waals surface area contributed by atoms with Gasteiger partial charge < -0.3 is 5.73 Å². The molecule has 0 saturated carbocycles. The minimum atomic E-state index is -3.68. The van der Waals surface area contributed by atoms with Crippen molar-refractivity contribution in [3.05, 3.63) is 41.2 Å². The Hall–Kier alpha value is -1.86. The molecular weight excluding hydrogens is 264 g/mol. The van der Waals surface area contributed by atoms with E-state index in [0.717, 1.165) is 5.56 Å². The van der Waals surface area contributed by atoms with Gasteiger partial charge in [-0.05, 0) is 31.5 Å². The number of sulfonamides is 1. The molecular formula is C12H16N4O2S. The van der Waals surface area contributed by atoms with E-state index in [2.05, 4.69) is 14.9 Å². The summed E-state index contributed by atoms with van der Waals surface area (Å²) in [6, 6.07) is 7.14. The molecule has 7 heteroatoms. The van der Waals surface area contributed by atoms with Crippen LogP contribution in [0.15, 0.2) is 29.2 Å². The van der Waals surface area contributed by atoms with Gasteiger partial charge in [0.05, 0.1) is 11.4 Å². The molecule has 0 fully saturated rings. The number of nitrogens with two attached hydrogens (primary N) is 1. The van der Waals surface area contributed by atoms with Gasteiger partial charge in [-0.3, -0.25) is 9.82 Å². The number of H-pyrrole nitrogens is 1. The lowest BCUT2D eigenvalue weighted by molar-refractivity contribution is 0.599. The van der Waals surface area contributed by atoms with Gasteiger partial charge in [-0.25, -0.2) is 8.42 Å². The number of aromatic amines is 1. The fraction of sp³-hybridized carbons (Fsp3) is 0.250. The molecule has 0 amide bonds. The highest BCUT2D eigenvalue weighted by atomic mass is 32.2. The van der Waals surface area contributed by atoms with E-state index in [4.69, 9.17) is 5.73 Å². The number of hydrogen-bond acceptors (Lipinski definition) is 4. The molecule has 0 unspecified atom stereocenters. The third-order valence-corrected chi connectivity index (χ3v) is 4.28. The van der Waals surface area contributed by atoms with Gasteiger partial charge in [0, 0.05) is 12.2 Å². The quantitative estimate of drug-likeness (QED) is 0.785. The zero-order valence-corrected chi connectivity index (χ0v) is 11.6. The molecule has 1 aromatic carbocycles. The largest absolute Gasteiger partial charge is 0.325 e. The van der Waals surface area contributed by atoms with E-state index >= 15 is 0 Å². The fourth-order valence-electron chi connectivity index (χ4n) is 1.88. The second kappa shape index (κ2) is 5.02. The summed E-state index contributed by atoms with van der Waals surface area (Å²) in [5.41, 5.74) is 7.80. The first kappa shape index (κ1) is 13.6. The molecule has 0 aliphatic carbocycles. The van der Waals surface area contributed by atoms with Gasteiger partial charge in [-0.2, -0.15) is 5.10 Å². The lowest BCUT2D eigenvalue weighted by atomic mass is 10.2. The maximum Gasteiger partial charge on any atom is 0.265 e. The van der Waals surface area contributed by atoms with Crippen molar-refractivity contribution in [2.24, 2.45) is 5.73 Å². The summed E-state index contributed by atoms with van der Waals surface area (Å²) < 4.78 is 27.2. The average molecular weight is 280 g/mol. The first-order chi connectivity index (χ1) is 8.94. The van der Waals surface area contributed by atoms with E-state index in [0.29, 0.717) is 17.1 Å². The number of aryl methyl sites for hydroxylation is 2. The van der Waals surface area contributed by atoms with Gasteiger partial charge in [0.1, 0.15) is 4.90 Å². The molecule has 0 radical (unpaired) electrons. The second-order valence-corrected chi connectivity index (χ2v) is 5.92. The first-order valence-corrected chi connectivity index (χ1v) is 7.26. The number of nitrogens with zero attached hydrogens (tertiary/aromatic N) is 1. The SMILES string of the molecule is Cc1cccc(NS(=O)(=O)c2c(CN)n[nH]c2C)c1. The minimum Gasteiger partial charge on any atom is -0.325 e. The highest BCUT2D eigenvalue weighted by Crippen LogP contribution is 2.21. The second-order valence-electron chi connectivity index (χ2n) is 4.30. The molecule has 4 N–H and O–H groups in total. The standard InChI is InChI=1S/C12H16N4O2S/c1-8-4-3-5-10(6-8)16-19(17,18)12-9(2)14-15-11(12)7-13/h3-6,16H,7,13H2,1-2H3,(H,14,15). The zero-order valence-electron chi connectivity index (χ0n) is 10.8. The van der Waals surface area contributed by atoms with Crippen molar-refractivity contribution in [3.63, 3.8) is 0 Å². The van der Waals surface area contributed by atoms with E-state index in [1.807, 2.05) is 13.0 Å². The Labute approximate surface area is 112 Å². The molecule has 1 aromatic heterocycles. The number of rotatable bonds is 4. The van der Waals surface area contributed by atoms with E-state index in [1.54, 1.807) is 25.1 Å². The maximum atomic E-state index is 12.3. The summed E-state index contributed by atoms with van der Waals surface area (Å²) in [4.78, 5) is 0.122. The van der Waals surface area contributed by atoms with Crippen molar-refractivity contribution < 1.29 is 8.42 Å². The minimum absolute atomic E-state index is 0.0639. The van der Waals surface area contributed by atoms with Gasteiger partial charge in [0.2, 0.25) is 0 Å². The molecule has 0 spiro atoms. The number of anilines is 1. The highest BCUT2D eigenvalue weighted by Gasteiger charge is 2.23. The van der Waals surface area contributed by atoms with Crippen LogP contribution in [0.3, 0.4) is 0 Å². The fourth-order valence-corrected chi connectivity index (χ4v) is 3.31. The molecule has 2 rings (SSSR count). The van der Waals surface area contributed by atoms with Crippen molar-refractivity contribution in [2.75, 3.05) is 4.72 Å². The van der Waals surface area contributed by atoms with Gasteiger partial charge in [0.15, 0.2) is 0 Å². The third-order valence-electron chi connectivity index (χ3n) is 2.69.